The van der Waals surface area contributed by atoms with Crippen LogP contribution in [0.5, 0.6) is 0 Å². The number of rotatable bonds is 0. The Kier molecular flexibility index (Phi) is 0.976. The first-order valence-corrected chi connectivity index (χ1v) is 4.43. The van der Waals surface area contributed by atoms with Crippen molar-refractivity contribution in [1.82, 2.24) is 0 Å². The molecule has 0 aromatic carbocycles. The Morgan fingerprint density at radius 2 is 1.73 bits per heavy atom. The fourth-order valence-electron chi connectivity index (χ4n) is 2.95. The van der Waals surface area contributed by atoms with Gasteiger partial charge in [0.25, 0.3) is 0 Å². The van der Waals surface area contributed by atoms with Crippen molar-refractivity contribution in [2.45, 2.75) is 31.5 Å². The summed E-state index contributed by atoms with van der Waals surface area (Å²) >= 11 is 0. The molecule has 0 amide bonds. The van der Waals surface area contributed by atoms with Crippen molar-refractivity contribution in [2.24, 2.45) is 17.8 Å². The maximum Gasteiger partial charge on any atom is 0.0873 e. The first-order chi connectivity index (χ1) is 5.38. The van der Waals surface area contributed by atoms with Gasteiger partial charge in [0.2, 0.25) is 0 Å². The lowest BCUT2D eigenvalue weighted by molar-refractivity contribution is 0.151. The van der Waals surface area contributed by atoms with Crippen molar-refractivity contribution in [3.8, 4) is 6.07 Å². The number of ether oxygens (including phenoxy) is 1. The van der Waals surface area contributed by atoms with Crippen molar-refractivity contribution < 1.29 is 4.74 Å². The van der Waals surface area contributed by atoms with Gasteiger partial charge in [-0.05, 0) is 31.1 Å². The normalized spacial score (nSPS) is 58.3. The van der Waals surface area contributed by atoms with Gasteiger partial charge in [-0.25, -0.2) is 0 Å². The Hall–Kier alpha value is -0.550. The third kappa shape index (κ3) is 0.696. The van der Waals surface area contributed by atoms with E-state index >= 15 is 0 Å². The van der Waals surface area contributed by atoms with Gasteiger partial charge >= 0.3 is 0 Å². The van der Waals surface area contributed by atoms with Gasteiger partial charge in [0, 0.05) is 5.92 Å². The molecule has 2 bridgehead atoms. The Morgan fingerprint density at radius 1 is 1.09 bits per heavy atom. The molecule has 3 aliphatic rings. The highest BCUT2D eigenvalue weighted by atomic mass is 16.6. The largest absolute Gasteiger partial charge is 0.369 e. The summed E-state index contributed by atoms with van der Waals surface area (Å²) in [6, 6.07) is 2.39. The van der Waals surface area contributed by atoms with E-state index in [1.807, 2.05) is 0 Å². The summed E-state index contributed by atoms with van der Waals surface area (Å²) in [6.07, 6.45) is 4.69. The number of nitrogens with zero attached hydrogens (tertiary/aromatic N) is 1. The van der Waals surface area contributed by atoms with Gasteiger partial charge in [0.05, 0.1) is 18.3 Å². The minimum atomic E-state index is 0.343. The number of hydrogen-bond donors (Lipinski definition) is 0. The van der Waals surface area contributed by atoms with E-state index in [4.69, 9.17) is 10.00 Å². The average Bonchev–Trinajstić information content (AvgIpc) is 2.78. The molecule has 5 atom stereocenters. The van der Waals surface area contributed by atoms with Crippen LogP contribution in [0.25, 0.3) is 0 Å². The predicted molar refractivity (Wildman–Crippen MR) is 38.6 cm³/mol. The van der Waals surface area contributed by atoms with Gasteiger partial charge < -0.3 is 4.74 Å². The van der Waals surface area contributed by atoms with Crippen LogP contribution in [0.15, 0.2) is 0 Å². The lowest BCUT2D eigenvalue weighted by Crippen LogP contribution is -2.20. The molecule has 3 unspecified atom stereocenters. The third-order valence-electron chi connectivity index (χ3n) is 3.45. The quantitative estimate of drug-likeness (QED) is 0.487. The molecule has 2 nitrogen and oxygen atoms in total. The number of hydrogen-bond acceptors (Lipinski definition) is 2. The van der Waals surface area contributed by atoms with E-state index in [2.05, 4.69) is 6.07 Å². The smallest absolute Gasteiger partial charge is 0.0873 e. The summed E-state index contributed by atoms with van der Waals surface area (Å²) in [5.41, 5.74) is 0. The summed E-state index contributed by atoms with van der Waals surface area (Å²) < 4.78 is 5.50. The molecular formula is C9H11NO. The number of nitriles is 1. The SMILES string of the molecule is N#CC1CC2CC(C1)[C@@H]1O[C@H]21. The number of fused-ring (bicyclic) bond motifs is 5. The van der Waals surface area contributed by atoms with E-state index in [1.54, 1.807) is 0 Å². The van der Waals surface area contributed by atoms with Crippen LogP contribution in [0.4, 0.5) is 0 Å². The van der Waals surface area contributed by atoms with Crippen molar-refractivity contribution in [3.05, 3.63) is 0 Å². The zero-order valence-electron chi connectivity index (χ0n) is 6.36. The minimum absolute atomic E-state index is 0.343. The van der Waals surface area contributed by atoms with E-state index in [0.717, 1.165) is 24.7 Å². The number of epoxide rings is 1. The standard InChI is InChI=1S/C9H11NO/c10-4-5-1-6-3-7(2-5)9-8(6)11-9/h5-9H,1-3H2/t5?,6?,7?,8-,9+. The maximum absolute atomic E-state index is 8.76. The summed E-state index contributed by atoms with van der Waals surface area (Å²) in [4.78, 5) is 0. The molecule has 2 saturated carbocycles. The molecule has 11 heavy (non-hydrogen) atoms. The molecule has 3 rings (SSSR count). The van der Waals surface area contributed by atoms with Crippen molar-refractivity contribution >= 4 is 0 Å². The molecule has 0 aromatic heterocycles. The molecular weight excluding hydrogens is 138 g/mol. The molecule has 0 radical (unpaired) electrons. The van der Waals surface area contributed by atoms with Gasteiger partial charge in [-0.2, -0.15) is 5.26 Å². The van der Waals surface area contributed by atoms with Crippen LogP contribution in [-0.2, 0) is 4.74 Å². The minimum Gasteiger partial charge on any atom is -0.369 e. The topological polar surface area (TPSA) is 36.3 Å². The van der Waals surface area contributed by atoms with Crippen LogP contribution >= 0.6 is 0 Å². The zero-order chi connectivity index (χ0) is 7.42. The van der Waals surface area contributed by atoms with Crippen molar-refractivity contribution in [2.75, 3.05) is 0 Å². The van der Waals surface area contributed by atoms with Gasteiger partial charge in [-0.1, -0.05) is 0 Å². The lowest BCUT2D eigenvalue weighted by atomic mass is 9.81. The molecule has 0 N–H and O–H groups in total. The second-order valence-electron chi connectivity index (χ2n) is 4.12. The Balaban J connectivity index is 1.84. The highest BCUT2D eigenvalue weighted by molar-refractivity contribution is 5.09. The molecule has 2 aliphatic carbocycles. The highest BCUT2D eigenvalue weighted by Crippen LogP contribution is 2.55. The Bertz CT molecular complexity index is 216. The van der Waals surface area contributed by atoms with E-state index < -0.39 is 0 Å². The fourth-order valence-corrected chi connectivity index (χ4v) is 2.95. The van der Waals surface area contributed by atoms with Crippen LogP contribution in [0, 0.1) is 29.1 Å². The molecule has 0 spiro atoms. The summed E-state index contributed by atoms with van der Waals surface area (Å²) in [5.74, 6) is 1.82. The summed E-state index contributed by atoms with van der Waals surface area (Å²) in [5, 5.41) is 8.76. The van der Waals surface area contributed by atoms with Crippen molar-refractivity contribution in [3.63, 3.8) is 0 Å². The van der Waals surface area contributed by atoms with Gasteiger partial charge in [0.1, 0.15) is 0 Å². The monoisotopic (exact) mass is 149 g/mol. The molecule has 3 fully saturated rings. The molecule has 0 aromatic rings. The predicted octanol–water partition coefficient (Wildman–Crippen LogP) is 1.32. The molecule has 1 heterocycles. The van der Waals surface area contributed by atoms with Gasteiger partial charge in [-0.3, -0.25) is 0 Å². The average molecular weight is 149 g/mol. The first kappa shape index (κ1) is 6.02. The van der Waals surface area contributed by atoms with Crippen LogP contribution < -0.4 is 0 Å². The highest BCUT2D eigenvalue weighted by Gasteiger charge is 2.59. The van der Waals surface area contributed by atoms with Crippen LogP contribution in [-0.4, -0.2) is 12.2 Å². The van der Waals surface area contributed by atoms with Gasteiger partial charge in [-0.15, -0.1) is 0 Å². The van der Waals surface area contributed by atoms with Crippen LogP contribution in [0.3, 0.4) is 0 Å². The molecule has 1 aliphatic heterocycles. The Morgan fingerprint density at radius 3 is 2.27 bits per heavy atom. The zero-order valence-corrected chi connectivity index (χ0v) is 6.36. The van der Waals surface area contributed by atoms with Crippen LogP contribution in [0.1, 0.15) is 19.3 Å². The summed E-state index contributed by atoms with van der Waals surface area (Å²) in [7, 11) is 0. The van der Waals surface area contributed by atoms with Gasteiger partial charge in [0.15, 0.2) is 0 Å². The van der Waals surface area contributed by atoms with Crippen molar-refractivity contribution in [1.29, 1.82) is 5.26 Å². The third-order valence-corrected chi connectivity index (χ3v) is 3.45. The molecule has 2 heteroatoms. The Labute approximate surface area is 66.1 Å². The maximum atomic E-state index is 8.76. The first-order valence-electron chi connectivity index (χ1n) is 4.43. The van der Waals surface area contributed by atoms with E-state index in [1.165, 1.54) is 6.42 Å². The lowest BCUT2D eigenvalue weighted by Gasteiger charge is -2.25. The second-order valence-corrected chi connectivity index (χ2v) is 4.12. The molecule has 58 valence electrons. The second kappa shape index (κ2) is 1.78. The van der Waals surface area contributed by atoms with E-state index in [0.29, 0.717) is 18.1 Å². The van der Waals surface area contributed by atoms with E-state index in [9.17, 15) is 0 Å². The van der Waals surface area contributed by atoms with E-state index in [-0.39, 0.29) is 0 Å². The van der Waals surface area contributed by atoms with Crippen LogP contribution in [0.2, 0.25) is 0 Å². The molecule has 1 saturated heterocycles. The summed E-state index contributed by atoms with van der Waals surface area (Å²) in [6.45, 7) is 0. The fraction of sp³-hybridized carbons (Fsp3) is 0.889.